The number of amides is 1. The standard InChI is InChI=1S/C18H19N5O3S/c1-13(14-5-9-17(10-6-14)27(19,25)26)22(2)18(24)15-3-7-16(8-4-15)23-12-20-11-21-23/h3-13H,1-2H3,(H2,19,25,26). The van der Waals surface area contributed by atoms with Crippen molar-refractivity contribution in [1.82, 2.24) is 19.7 Å². The molecule has 1 unspecified atom stereocenters. The summed E-state index contributed by atoms with van der Waals surface area (Å²) in [5, 5.41) is 9.16. The second kappa shape index (κ2) is 7.29. The van der Waals surface area contributed by atoms with Crippen molar-refractivity contribution in [1.29, 1.82) is 0 Å². The Balaban J connectivity index is 1.76. The molecular formula is C18H19N5O3S. The van der Waals surface area contributed by atoms with Gasteiger partial charge in [0.1, 0.15) is 12.7 Å². The smallest absolute Gasteiger partial charge is 0.254 e. The summed E-state index contributed by atoms with van der Waals surface area (Å²) in [5.74, 6) is -0.150. The van der Waals surface area contributed by atoms with E-state index in [-0.39, 0.29) is 16.8 Å². The molecule has 0 saturated carbocycles. The SMILES string of the molecule is CC(c1ccc(S(N)(=O)=O)cc1)N(C)C(=O)c1ccc(-n2cncn2)cc1. The van der Waals surface area contributed by atoms with Crippen LogP contribution in [0.1, 0.15) is 28.9 Å². The first-order valence-electron chi connectivity index (χ1n) is 8.12. The van der Waals surface area contributed by atoms with Crippen LogP contribution in [-0.2, 0) is 10.0 Å². The van der Waals surface area contributed by atoms with Crippen molar-refractivity contribution >= 4 is 15.9 Å². The lowest BCUT2D eigenvalue weighted by Gasteiger charge is -2.25. The van der Waals surface area contributed by atoms with Crippen molar-refractivity contribution in [2.45, 2.75) is 17.9 Å². The number of nitrogens with zero attached hydrogens (tertiary/aromatic N) is 4. The van der Waals surface area contributed by atoms with Gasteiger partial charge in [-0.3, -0.25) is 4.79 Å². The zero-order valence-corrected chi connectivity index (χ0v) is 15.7. The highest BCUT2D eigenvalue weighted by Crippen LogP contribution is 2.22. The third-order valence-corrected chi connectivity index (χ3v) is 5.32. The van der Waals surface area contributed by atoms with E-state index in [4.69, 9.17) is 5.14 Å². The summed E-state index contributed by atoms with van der Waals surface area (Å²) >= 11 is 0. The van der Waals surface area contributed by atoms with E-state index < -0.39 is 10.0 Å². The Bertz CT molecular complexity index is 1030. The van der Waals surface area contributed by atoms with Crippen LogP contribution in [0.3, 0.4) is 0 Å². The van der Waals surface area contributed by atoms with Gasteiger partial charge in [-0.2, -0.15) is 5.10 Å². The van der Waals surface area contributed by atoms with Gasteiger partial charge in [-0.1, -0.05) is 12.1 Å². The summed E-state index contributed by atoms with van der Waals surface area (Å²) in [6.45, 7) is 1.87. The van der Waals surface area contributed by atoms with Gasteiger partial charge in [-0.05, 0) is 48.9 Å². The highest BCUT2D eigenvalue weighted by Gasteiger charge is 2.19. The van der Waals surface area contributed by atoms with Crippen molar-refractivity contribution in [3.8, 4) is 5.69 Å². The van der Waals surface area contributed by atoms with Crippen LogP contribution >= 0.6 is 0 Å². The number of carbonyl (C=O) groups excluding carboxylic acids is 1. The lowest BCUT2D eigenvalue weighted by molar-refractivity contribution is 0.0742. The summed E-state index contributed by atoms with van der Waals surface area (Å²) in [6, 6.07) is 13.0. The maximum absolute atomic E-state index is 12.8. The molecule has 0 aliphatic heterocycles. The lowest BCUT2D eigenvalue weighted by Crippen LogP contribution is -2.29. The van der Waals surface area contributed by atoms with Crippen LogP contribution in [0.15, 0.2) is 66.1 Å². The van der Waals surface area contributed by atoms with Gasteiger partial charge >= 0.3 is 0 Å². The van der Waals surface area contributed by atoms with Gasteiger partial charge in [0.2, 0.25) is 10.0 Å². The minimum absolute atomic E-state index is 0.0381. The first-order valence-corrected chi connectivity index (χ1v) is 9.67. The van der Waals surface area contributed by atoms with Crippen LogP contribution in [0.2, 0.25) is 0 Å². The van der Waals surface area contributed by atoms with Crippen molar-refractivity contribution in [2.24, 2.45) is 5.14 Å². The van der Waals surface area contributed by atoms with Gasteiger partial charge in [0.15, 0.2) is 0 Å². The Morgan fingerprint density at radius 1 is 1.11 bits per heavy atom. The van der Waals surface area contributed by atoms with Crippen molar-refractivity contribution in [3.63, 3.8) is 0 Å². The van der Waals surface area contributed by atoms with Gasteiger partial charge in [0.25, 0.3) is 5.91 Å². The molecule has 0 fully saturated rings. The zero-order chi connectivity index (χ0) is 19.6. The Hall–Kier alpha value is -3.04. The third-order valence-electron chi connectivity index (χ3n) is 4.39. The molecule has 0 spiro atoms. The molecule has 8 nitrogen and oxygen atoms in total. The van der Waals surface area contributed by atoms with E-state index in [0.717, 1.165) is 11.3 Å². The van der Waals surface area contributed by atoms with Crippen LogP contribution in [0.5, 0.6) is 0 Å². The van der Waals surface area contributed by atoms with Gasteiger partial charge in [0.05, 0.1) is 16.6 Å². The molecule has 3 rings (SSSR count). The molecule has 0 aliphatic carbocycles. The summed E-state index contributed by atoms with van der Waals surface area (Å²) in [4.78, 5) is 18.3. The molecule has 1 aromatic heterocycles. The Morgan fingerprint density at radius 3 is 2.26 bits per heavy atom. The van der Waals surface area contributed by atoms with E-state index in [2.05, 4.69) is 10.1 Å². The number of carbonyl (C=O) groups is 1. The van der Waals surface area contributed by atoms with Crippen LogP contribution in [0.4, 0.5) is 0 Å². The fourth-order valence-corrected chi connectivity index (χ4v) is 3.15. The topological polar surface area (TPSA) is 111 Å². The van der Waals surface area contributed by atoms with Gasteiger partial charge in [0, 0.05) is 12.6 Å². The Kier molecular flexibility index (Phi) is 5.06. The van der Waals surface area contributed by atoms with E-state index >= 15 is 0 Å². The maximum atomic E-state index is 12.8. The third kappa shape index (κ3) is 4.04. The maximum Gasteiger partial charge on any atom is 0.254 e. The highest BCUT2D eigenvalue weighted by molar-refractivity contribution is 7.89. The van der Waals surface area contributed by atoms with Crippen molar-refractivity contribution < 1.29 is 13.2 Å². The fourth-order valence-electron chi connectivity index (χ4n) is 2.64. The Morgan fingerprint density at radius 2 is 1.74 bits per heavy atom. The van der Waals surface area contributed by atoms with E-state index in [9.17, 15) is 13.2 Å². The van der Waals surface area contributed by atoms with Crippen LogP contribution in [0.25, 0.3) is 5.69 Å². The minimum Gasteiger partial charge on any atom is -0.335 e. The quantitative estimate of drug-likeness (QED) is 0.719. The first-order chi connectivity index (χ1) is 12.8. The van der Waals surface area contributed by atoms with Crippen LogP contribution in [0, 0.1) is 0 Å². The summed E-state index contributed by atoms with van der Waals surface area (Å²) < 4.78 is 24.3. The number of hydrogen-bond donors (Lipinski definition) is 1. The molecule has 27 heavy (non-hydrogen) atoms. The molecule has 140 valence electrons. The molecule has 0 bridgehead atoms. The number of aromatic nitrogens is 3. The van der Waals surface area contributed by atoms with Crippen molar-refractivity contribution in [2.75, 3.05) is 7.05 Å². The molecule has 0 aliphatic rings. The summed E-state index contributed by atoms with van der Waals surface area (Å²) in [6.07, 6.45) is 3.02. The largest absolute Gasteiger partial charge is 0.335 e. The summed E-state index contributed by atoms with van der Waals surface area (Å²) in [7, 11) is -2.04. The average molecular weight is 385 g/mol. The second-order valence-corrected chi connectivity index (χ2v) is 7.65. The zero-order valence-electron chi connectivity index (χ0n) is 14.9. The molecule has 2 N–H and O–H groups in total. The molecular weight excluding hydrogens is 366 g/mol. The second-order valence-electron chi connectivity index (χ2n) is 6.09. The lowest BCUT2D eigenvalue weighted by atomic mass is 10.1. The molecule has 0 saturated heterocycles. The number of hydrogen-bond acceptors (Lipinski definition) is 5. The van der Waals surface area contributed by atoms with Crippen molar-refractivity contribution in [3.05, 3.63) is 72.3 Å². The predicted octanol–water partition coefficient (Wildman–Crippen LogP) is 1.75. The fraction of sp³-hybridized carbons (Fsp3) is 0.167. The molecule has 1 amide bonds. The molecule has 9 heteroatoms. The van der Waals surface area contributed by atoms with E-state index in [1.165, 1.54) is 18.5 Å². The van der Waals surface area contributed by atoms with Gasteiger partial charge < -0.3 is 4.90 Å². The Labute approximate surface area is 157 Å². The monoisotopic (exact) mass is 385 g/mol. The average Bonchev–Trinajstić information content (AvgIpc) is 3.20. The molecule has 1 atom stereocenters. The van der Waals surface area contributed by atoms with Gasteiger partial charge in [-0.25, -0.2) is 23.2 Å². The highest BCUT2D eigenvalue weighted by atomic mass is 32.2. The van der Waals surface area contributed by atoms with Crippen LogP contribution < -0.4 is 5.14 Å². The number of rotatable bonds is 5. The number of benzene rings is 2. The summed E-state index contributed by atoms with van der Waals surface area (Å²) in [5.41, 5.74) is 2.14. The molecule has 1 heterocycles. The minimum atomic E-state index is -3.74. The molecule has 3 aromatic rings. The normalized spacial score (nSPS) is 12.6. The van der Waals surface area contributed by atoms with E-state index in [1.807, 2.05) is 6.92 Å². The molecule has 2 aromatic carbocycles. The van der Waals surface area contributed by atoms with E-state index in [0.29, 0.717) is 5.56 Å². The number of nitrogens with two attached hydrogens (primary N) is 1. The van der Waals surface area contributed by atoms with Gasteiger partial charge in [-0.15, -0.1) is 0 Å². The van der Waals surface area contributed by atoms with Crippen LogP contribution in [-0.4, -0.2) is 41.0 Å². The number of sulfonamides is 1. The number of primary sulfonamides is 1. The molecule has 0 radical (unpaired) electrons. The van der Waals surface area contributed by atoms with E-state index in [1.54, 1.807) is 59.4 Å². The first kappa shape index (κ1) is 18.7. The predicted molar refractivity (Wildman–Crippen MR) is 99.7 cm³/mol.